The van der Waals surface area contributed by atoms with Crippen LogP contribution < -0.4 is 21.8 Å². The second kappa shape index (κ2) is 13.5. The summed E-state index contributed by atoms with van der Waals surface area (Å²) in [4.78, 5) is 34.2. The first-order valence-corrected chi connectivity index (χ1v) is 15.5. The average molecular weight is 641 g/mol. The molecule has 1 spiro atoms. The number of aliphatic imine (C=N–C) groups is 1. The van der Waals surface area contributed by atoms with Crippen LogP contribution in [-0.4, -0.2) is 40.5 Å². The van der Waals surface area contributed by atoms with E-state index in [0.717, 1.165) is 30.2 Å². The summed E-state index contributed by atoms with van der Waals surface area (Å²) in [5.74, 6) is -1.96. The molecule has 0 radical (unpaired) electrons. The van der Waals surface area contributed by atoms with E-state index in [0.29, 0.717) is 43.5 Å². The lowest BCUT2D eigenvalue weighted by atomic mass is 9.69. The van der Waals surface area contributed by atoms with Crippen molar-refractivity contribution in [1.82, 2.24) is 26.7 Å². The summed E-state index contributed by atoms with van der Waals surface area (Å²) in [6.45, 7) is 7.89. The molecule has 2 amide bonds. The standard InChI is InChI=1S/C34H45F2N7O2.CH4/c1-32(2,3)14-13-27(21-7-9-22(10-8-21)30(44)37-20-28-39-41-42-40-28)43-31(45)29(23-17-25(35)19-26(36)18-23)38-34(43)15-11-24(12-16-34)33(4,5)6;/h7-10,17-19,24,27,41-42H,11-16,20H2,1-6H3,(H,37,44)(H,39,40);1H4/t24?,27-,34?;/m1./s1/i4D3;. The van der Waals surface area contributed by atoms with Gasteiger partial charge < -0.3 is 10.2 Å². The molecule has 0 unspecified atom stereocenters. The van der Waals surface area contributed by atoms with Crippen LogP contribution in [0.1, 0.15) is 119 Å². The molecule has 1 atom stereocenters. The molecule has 46 heavy (non-hydrogen) atoms. The number of nitrogens with zero attached hydrogens (tertiary/aromatic N) is 3. The number of carbonyl (C=O) groups excluding carboxylic acids is 2. The number of hydrazine groups is 2. The molecule has 1 fully saturated rings. The van der Waals surface area contributed by atoms with Crippen LogP contribution >= 0.6 is 0 Å². The summed E-state index contributed by atoms with van der Waals surface area (Å²) in [5.41, 5.74) is 7.14. The third-order valence-corrected chi connectivity index (χ3v) is 9.04. The van der Waals surface area contributed by atoms with Gasteiger partial charge >= 0.3 is 0 Å². The molecular formula is C35H49F2N7O2. The molecule has 1 saturated carbocycles. The predicted octanol–water partition coefficient (Wildman–Crippen LogP) is 6.39. The fourth-order valence-corrected chi connectivity index (χ4v) is 6.52. The second-order valence-corrected chi connectivity index (χ2v) is 14.1. The van der Waals surface area contributed by atoms with Crippen LogP contribution in [0.3, 0.4) is 0 Å². The lowest BCUT2D eigenvalue weighted by Crippen LogP contribution is -2.51. The first kappa shape index (κ1) is 30.8. The van der Waals surface area contributed by atoms with Gasteiger partial charge in [0.15, 0.2) is 5.84 Å². The summed E-state index contributed by atoms with van der Waals surface area (Å²) >= 11 is 0. The third kappa shape index (κ3) is 7.74. The normalized spacial score (nSPS) is 23.3. The highest BCUT2D eigenvalue weighted by Crippen LogP contribution is 2.50. The molecule has 2 aromatic carbocycles. The van der Waals surface area contributed by atoms with Gasteiger partial charge in [0.2, 0.25) is 0 Å². The Morgan fingerprint density at radius 3 is 2.33 bits per heavy atom. The van der Waals surface area contributed by atoms with Crippen molar-refractivity contribution in [3.63, 3.8) is 0 Å². The van der Waals surface area contributed by atoms with E-state index in [1.165, 1.54) is 0 Å². The molecule has 2 aliphatic heterocycles. The van der Waals surface area contributed by atoms with E-state index in [-0.39, 0.29) is 42.5 Å². The van der Waals surface area contributed by atoms with Gasteiger partial charge in [0.05, 0.1) is 12.6 Å². The van der Waals surface area contributed by atoms with E-state index in [9.17, 15) is 18.4 Å². The summed E-state index contributed by atoms with van der Waals surface area (Å²) in [6, 6.07) is 9.61. The molecule has 1 aliphatic carbocycles. The van der Waals surface area contributed by atoms with Crippen LogP contribution in [0, 0.1) is 28.4 Å². The van der Waals surface area contributed by atoms with Gasteiger partial charge in [-0.1, -0.05) is 61.0 Å². The number of hydrogen-bond donors (Lipinski definition) is 4. The molecule has 0 bridgehead atoms. The van der Waals surface area contributed by atoms with Gasteiger partial charge in [0, 0.05) is 21.3 Å². The van der Waals surface area contributed by atoms with E-state index >= 15 is 0 Å². The number of rotatable bonds is 8. The molecule has 2 aromatic rings. The van der Waals surface area contributed by atoms with Crippen LogP contribution in [-0.2, 0) is 4.79 Å². The predicted molar refractivity (Wildman–Crippen MR) is 178 cm³/mol. The molecule has 250 valence electrons. The first-order valence-electron chi connectivity index (χ1n) is 17.0. The maximum atomic E-state index is 14.5. The van der Waals surface area contributed by atoms with Crippen molar-refractivity contribution in [2.45, 2.75) is 99.1 Å². The average Bonchev–Trinajstić information content (AvgIpc) is 3.62. The van der Waals surface area contributed by atoms with Gasteiger partial charge in [0.1, 0.15) is 23.0 Å². The molecule has 4 N–H and O–H groups in total. The molecule has 0 saturated heterocycles. The van der Waals surface area contributed by atoms with Gasteiger partial charge in [-0.2, -0.15) is 0 Å². The molecular weight excluding hydrogens is 588 g/mol. The van der Waals surface area contributed by atoms with E-state index in [1.807, 2.05) is 12.1 Å². The van der Waals surface area contributed by atoms with Crippen molar-refractivity contribution in [3.05, 3.63) is 70.8 Å². The Morgan fingerprint density at radius 1 is 1.11 bits per heavy atom. The fourth-order valence-electron chi connectivity index (χ4n) is 6.52. The Balaban J connectivity index is 0.00000541. The van der Waals surface area contributed by atoms with Crippen molar-refractivity contribution in [3.8, 4) is 0 Å². The number of halogens is 2. The van der Waals surface area contributed by atoms with Crippen molar-refractivity contribution in [2.75, 3.05) is 6.54 Å². The lowest BCUT2D eigenvalue weighted by molar-refractivity contribution is -0.134. The van der Waals surface area contributed by atoms with Crippen LogP contribution in [0.2, 0.25) is 0 Å². The summed E-state index contributed by atoms with van der Waals surface area (Å²) < 4.78 is 53.4. The van der Waals surface area contributed by atoms with Gasteiger partial charge in [-0.15, -0.1) is 10.6 Å². The second-order valence-electron chi connectivity index (χ2n) is 14.1. The maximum absolute atomic E-state index is 14.5. The fraction of sp³-hybridized carbons (Fsp3) is 0.543. The minimum Gasteiger partial charge on any atom is -0.345 e. The highest BCUT2D eigenvalue weighted by Gasteiger charge is 2.52. The topological polar surface area (TPSA) is 110 Å². The van der Waals surface area contributed by atoms with Crippen LogP contribution in [0.4, 0.5) is 8.78 Å². The number of hydrazone groups is 1. The zero-order chi connectivity index (χ0) is 35.1. The van der Waals surface area contributed by atoms with Crippen molar-refractivity contribution >= 4 is 23.4 Å². The van der Waals surface area contributed by atoms with Crippen molar-refractivity contribution in [2.24, 2.45) is 26.8 Å². The van der Waals surface area contributed by atoms with Crippen LogP contribution in [0.5, 0.6) is 0 Å². The minimum atomic E-state index is -2.17. The van der Waals surface area contributed by atoms with Crippen molar-refractivity contribution < 1.29 is 22.5 Å². The zero-order valence-corrected chi connectivity index (χ0v) is 26.6. The monoisotopic (exact) mass is 640 g/mol. The summed E-state index contributed by atoms with van der Waals surface area (Å²) in [5, 5.41) is 6.76. The maximum Gasteiger partial charge on any atom is 0.275 e. The zero-order valence-electron chi connectivity index (χ0n) is 29.6. The van der Waals surface area contributed by atoms with E-state index in [1.54, 1.807) is 30.9 Å². The van der Waals surface area contributed by atoms with E-state index in [4.69, 9.17) is 9.10 Å². The van der Waals surface area contributed by atoms with E-state index < -0.39 is 41.5 Å². The third-order valence-electron chi connectivity index (χ3n) is 9.04. The highest BCUT2D eigenvalue weighted by atomic mass is 19.1. The molecule has 3 aliphatic rings. The number of benzene rings is 2. The van der Waals surface area contributed by atoms with E-state index in [2.05, 4.69) is 47.7 Å². The molecule has 0 aromatic heterocycles. The number of amides is 2. The molecule has 11 heteroatoms. The quantitative estimate of drug-likeness (QED) is 0.268. The number of nitrogens with one attached hydrogen (secondary N) is 4. The minimum absolute atomic E-state index is 0. The van der Waals surface area contributed by atoms with Gasteiger partial charge in [-0.25, -0.2) is 14.3 Å². The SMILES string of the molecule is C.[2H]C([2H])([2H])C(C)(C)C1CCC2(CC1)N=C(c1cc(F)cc(F)c1)C(=O)N2[C@H](CCC(C)(C)C)c1ccc(C(=O)NCC2=NNNN2)cc1. The molecule has 5 rings (SSSR count). The Kier molecular flexibility index (Phi) is 9.01. The van der Waals surface area contributed by atoms with Crippen LogP contribution in [0.25, 0.3) is 0 Å². The van der Waals surface area contributed by atoms with Crippen molar-refractivity contribution in [1.29, 1.82) is 0 Å². The summed E-state index contributed by atoms with van der Waals surface area (Å²) in [7, 11) is 0. The molecule has 2 heterocycles. The van der Waals surface area contributed by atoms with Crippen LogP contribution in [0.15, 0.2) is 52.6 Å². The van der Waals surface area contributed by atoms with Gasteiger partial charge in [-0.3, -0.25) is 20.0 Å². The largest absolute Gasteiger partial charge is 0.345 e. The molecule has 9 nitrogen and oxygen atoms in total. The van der Waals surface area contributed by atoms with Gasteiger partial charge in [-0.05, 0) is 85.1 Å². The summed E-state index contributed by atoms with van der Waals surface area (Å²) in [6.07, 6.45) is 3.14. The highest BCUT2D eigenvalue weighted by molar-refractivity contribution is 6.46. The first-order chi connectivity index (χ1) is 22.4. The number of carbonyl (C=O) groups is 2. The number of hydrogen-bond acceptors (Lipinski definition) is 7. The Labute approximate surface area is 275 Å². The lowest BCUT2D eigenvalue weighted by Gasteiger charge is -2.47. The smallest absolute Gasteiger partial charge is 0.275 e. The van der Waals surface area contributed by atoms with Gasteiger partial charge in [0.25, 0.3) is 11.8 Å². The Hall–Kier alpha value is -3.86. The Bertz CT molecular complexity index is 1580. The Morgan fingerprint density at radius 2 is 1.76 bits per heavy atom. The number of amidine groups is 1.